The van der Waals surface area contributed by atoms with E-state index in [2.05, 4.69) is 0 Å². The standard InChI is InChI=1S/C18H7Cl4NO2/c19-13-11-12(14(20)16(22)15(13)21)18(25)23(17(11)24)10-7-3-5-8-4-1-2-6-9(8)10/h1-7H. The Morgan fingerprint density at radius 1 is 0.640 bits per heavy atom. The molecule has 1 aliphatic heterocycles. The van der Waals surface area contributed by atoms with Crippen molar-refractivity contribution in [2.45, 2.75) is 0 Å². The maximum atomic E-state index is 12.9. The Hall–Kier alpha value is -1.78. The topological polar surface area (TPSA) is 37.4 Å². The third kappa shape index (κ3) is 2.27. The molecule has 4 rings (SSSR count). The predicted octanol–water partition coefficient (Wildman–Crippen LogP) is 6.25. The molecule has 0 N–H and O–H groups in total. The van der Waals surface area contributed by atoms with Crippen molar-refractivity contribution in [1.29, 1.82) is 0 Å². The predicted molar refractivity (Wildman–Crippen MR) is 102 cm³/mol. The van der Waals surface area contributed by atoms with Crippen molar-refractivity contribution in [2.75, 3.05) is 4.90 Å². The minimum absolute atomic E-state index is 0.0287. The maximum Gasteiger partial charge on any atom is 0.267 e. The zero-order valence-electron chi connectivity index (χ0n) is 12.3. The van der Waals surface area contributed by atoms with Gasteiger partial charge in [0.2, 0.25) is 0 Å². The molecule has 1 aliphatic rings. The molecule has 0 saturated heterocycles. The lowest BCUT2D eigenvalue weighted by Crippen LogP contribution is -2.29. The summed E-state index contributed by atoms with van der Waals surface area (Å²) in [5, 5.41) is 1.40. The molecule has 3 aromatic rings. The number of nitrogens with zero attached hydrogens (tertiary/aromatic N) is 1. The van der Waals surface area contributed by atoms with Crippen molar-refractivity contribution in [3.63, 3.8) is 0 Å². The Balaban J connectivity index is 2.00. The molecule has 0 fully saturated rings. The fourth-order valence-electron chi connectivity index (χ4n) is 2.97. The lowest BCUT2D eigenvalue weighted by molar-refractivity contribution is 0.0926. The van der Waals surface area contributed by atoms with Crippen molar-refractivity contribution < 1.29 is 9.59 Å². The summed E-state index contributed by atoms with van der Waals surface area (Å²) >= 11 is 24.4. The number of hydrogen-bond donors (Lipinski definition) is 0. The second-order valence-electron chi connectivity index (χ2n) is 5.45. The quantitative estimate of drug-likeness (QED) is 0.270. The van der Waals surface area contributed by atoms with Crippen LogP contribution >= 0.6 is 46.4 Å². The third-order valence-corrected chi connectivity index (χ3v) is 5.91. The molecule has 0 unspecified atom stereocenters. The second-order valence-corrected chi connectivity index (χ2v) is 6.96. The van der Waals surface area contributed by atoms with Gasteiger partial charge in [0.1, 0.15) is 0 Å². The van der Waals surface area contributed by atoms with E-state index in [0.717, 1.165) is 15.7 Å². The highest BCUT2D eigenvalue weighted by atomic mass is 35.5. The highest BCUT2D eigenvalue weighted by molar-refractivity contribution is 6.56. The molecule has 2 amide bonds. The normalized spacial score (nSPS) is 13.7. The van der Waals surface area contributed by atoms with Crippen LogP contribution in [0, 0.1) is 0 Å². The Bertz CT molecular complexity index is 1040. The lowest BCUT2D eigenvalue weighted by atomic mass is 10.1. The van der Waals surface area contributed by atoms with Crippen LogP contribution in [0.3, 0.4) is 0 Å². The number of imide groups is 1. The van der Waals surface area contributed by atoms with E-state index in [1.807, 2.05) is 30.3 Å². The average Bonchev–Trinajstić information content (AvgIpc) is 2.88. The van der Waals surface area contributed by atoms with Crippen LogP contribution in [0.5, 0.6) is 0 Å². The first-order valence-electron chi connectivity index (χ1n) is 7.16. The summed E-state index contributed by atoms with van der Waals surface area (Å²) in [5.41, 5.74) is 0.390. The minimum Gasteiger partial charge on any atom is -0.268 e. The number of rotatable bonds is 1. The highest BCUT2D eigenvalue weighted by Crippen LogP contribution is 2.46. The Kier molecular flexibility index (Phi) is 3.93. The monoisotopic (exact) mass is 409 g/mol. The molecule has 0 spiro atoms. The van der Waals surface area contributed by atoms with Gasteiger partial charge >= 0.3 is 0 Å². The third-order valence-electron chi connectivity index (χ3n) is 4.11. The van der Waals surface area contributed by atoms with E-state index in [1.165, 1.54) is 0 Å². The summed E-state index contributed by atoms with van der Waals surface area (Å²) in [6, 6.07) is 12.8. The van der Waals surface area contributed by atoms with E-state index in [-0.39, 0.29) is 31.2 Å². The van der Waals surface area contributed by atoms with E-state index >= 15 is 0 Å². The molecule has 25 heavy (non-hydrogen) atoms. The number of carbonyl (C=O) groups excluding carboxylic acids is 2. The van der Waals surface area contributed by atoms with Crippen LogP contribution in [-0.2, 0) is 0 Å². The van der Waals surface area contributed by atoms with Gasteiger partial charge in [-0.15, -0.1) is 0 Å². The van der Waals surface area contributed by atoms with Crippen LogP contribution in [0.2, 0.25) is 20.1 Å². The number of fused-ring (bicyclic) bond motifs is 2. The molecular formula is C18H7Cl4NO2. The number of benzene rings is 3. The van der Waals surface area contributed by atoms with Gasteiger partial charge in [0, 0.05) is 5.39 Å². The largest absolute Gasteiger partial charge is 0.268 e. The first kappa shape index (κ1) is 16.7. The molecule has 0 saturated carbocycles. The molecule has 3 aromatic carbocycles. The molecule has 7 heteroatoms. The summed E-state index contributed by atoms with van der Waals surface area (Å²) in [6.07, 6.45) is 0. The molecule has 0 aliphatic carbocycles. The van der Waals surface area contributed by atoms with E-state index in [0.29, 0.717) is 5.69 Å². The van der Waals surface area contributed by atoms with Gasteiger partial charge in [0.15, 0.2) is 0 Å². The Morgan fingerprint density at radius 3 is 1.76 bits per heavy atom. The molecular weight excluding hydrogens is 404 g/mol. The van der Waals surface area contributed by atoms with Gasteiger partial charge in [-0.3, -0.25) is 9.59 Å². The summed E-state index contributed by atoms with van der Waals surface area (Å²) in [5.74, 6) is -1.16. The van der Waals surface area contributed by atoms with E-state index in [9.17, 15) is 9.59 Å². The smallest absolute Gasteiger partial charge is 0.267 e. The van der Waals surface area contributed by atoms with Gasteiger partial charge in [0.05, 0.1) is 36.9 Å². The molecule has 0 radical (unpaired) electrons. The van der Waals surface area contributed by atoms with Gasteiger partial charge in [-0.1, -0.05) is 82.8 Å². The van der Waals surface area contributed by atoms with Gasteiger partial charge in [-0.25, -0.2) is 4.90 Å². The first-order chi connectivity index (χ1) is 11.9. The van der Waals surface area contributed by atoms with Crippen LogP contribution in [0.15, 0.2) is 42.5 Å². The second kappa shape index (κ2) is 5.89. The van der Waals surface area contributed by atoms with Crippen LogP contribution in [0.4, 0.5) is 5.69 Å². The fraction of sp³-hybridized carbons (Fsp3) is 0. The van der Waals surface area contributed by atoms with Crippen molar-refractivity contribution in [1.82, 2.24) is 0 Å². The van der Waals surface area contributed by atoms with Gasteiger partial charge in [-0.2, -0.15) is 0 Å². The van der Waals surface area contributed by atoms with Gasteiger partial charge in [-0.05, 0) is 11.5 Å². The highest BCUT2D eigenvalue weighted by Gasteiger charge is 2.42. The summed E-state index contributed by atoms with van der Waals surface area (Å²) < 4.78 is 0. The summed E-state index contributed by atoms with van der Waals surface area (Å²) in [4.78, 5) is 26.9. The molecule has 0 aromatic heterocycles. The van der Waals surface area contributed by atoms with Gasteiger partial charge in [0.25, 0.3) is 11.8 Å². The van der Waals surface area contributed by atoms with Crippen molar-refractivity contribution in [3.8, 4) is 0 Å². The first-order valence-corrected chi connectivity index (χ1v) is 8.67. The zero-order valence-corrected chi connectivity index (χ0v) is 15.3. The zero-order chi connectivity index (χ0) is 17.9. The number of amides is 2. The number of hydrogen-bond acceptors (Lipinski definition) is 2. The van der Waals surface area contributed by atoms with Crippen molar-refractivity contribution in [3.05, 3.63) is 73.7 Å². The molecule has 0 atom stereocenters. The van der Waals surface area contributed by atoms with Crippen LogP contribution in [0.1, 0.15) is 20.7 Å². The molecule has 124 valence electrons. The summed E-state index contributed by atoms with van der Waals surface area (Å²) in [7, 11) is 0. The number of carbonyl (C=O) groups is 2. The molecule has 0 bridgehead atoms. The van der Waals surface area contributed by atoms with E-state index < -0.39 is 11.8 Å². The average molecular weight is 411 g/mol. The van der Waals surface area contributed by atoms with E-state index in [4.69, 9.17) is 46.4 Å². The van der Waals surface area contributed by atoms with Crippen molar-refractivity contribution in [2.24, 2.45) is 0 Å². The molecule has 3 nitrogen and oxygen atoms in total. The summed E-state index contributed by atoms with van der Waals surface area (Å²) in [6.45, 7) is 0. The van der Waals surface area contributed by atoms with Crippen LogP contribution in [0.25, 0.3) is 10.8 Å². The number of halogens is 4. The van der Waals surface area contributed by atoms with Crippen LogP contribution in [-0.4, -0.2) is 11.8 Å². The maximum absolute atomic E-state index is 12.9. The number of anilines is 1. The lowest BCUT2D eigenvalue weighted by Gasteiger charge is -2.16. The van der Waals surface area contributed by atoms with Gasteiger partial charge < -0.3 is 0 Å². The SMILES string of the molecule is O=C1c2c(Cl)c(Cl)c(Cl)c(Cl)c2C(=O)N1c1cccc2ccccc12. The van der Waals surface area contributed by atoms with Crippen molar-refractivity contribution >= 4 is 74.7 Å². The fourth-order valence-corrected chi connectivity index (χ4v) is 3.99. The Morgan fingerprint density at radius 2 is 1.16 bits per heavy atom. The minimum atomic E-state index is -0.582. The Labute approximate surface area is 162 Å². The van der Waals surface area contributed by atoms with Crippen LogP contribution < -0.4 is 4.90 Å². The van der Waals surface area contributed by atoms with E-state index in [1.54, 1.807) is 12.1 Å². The molecule has 1 heterocycles.